The molecule has 3 nitrogen and oxygen atoms in total. The zero-order valence-corrected chi connectivity index (χ0v) is 12.1. The number of carbonyl (C=O) groups is 1. The summed E-state index contributed by atoms with van der Waals surface area (Å²) in [5.74, 6) is -0.0336. The molecule has 1 heterocycles. The van der Waals surface area contributed by atoms with Crippen LogP contribution in [0.2, 0.25) is 0 Å². The second-order valence-corrected chi connectivity index (χ2v) is 6.34. The topological polar surface area (TPSA) is 55.1 Å². The van der Waals surface area contributed by atoms with Crippen molar-refractivity contribution in [2.45, 2.75) is 32.1 Å². The summed E-state index contributed by atoms with van der Waals surface area (Å²) in [6.45, 7) is 0. The van der Waals surface area contributed by atoms with Gasteiger partial charge in [0.25, 0.3) is 5.91 Å². The minimum Gasteiger partial charge on any atom is -0.399 e. The van der Waals surface area contributed by atoms with Gasteiger partial charge >= 0.3 is 0 Å². The number of carbonyl (C=O) groups excluding carboxylic acids is 1. The molecule has 2 aromatic rings. The first-order chi connectivity index (χ1) is 9.72. The van der Waals surface area contributed by atoms with Gasteiger partial charge in [-0.3, -0.25) is 4.79 Å². The van der Waals surface area contributed by atoms with Crippen LogP contribution in [0.5, 0.6) is 0 Å². The van der Waals surface area contributed by atoms with Gasteiger partial charge in [-0.05, 0) is 55.5 Å². The Hall–Kier alpha value is -1.81. The molecule has 1 aliphatic rings. The summed E-state index contributed by atoms with van der Waals surface area (Å²) >= 11 is 1.64. The van der Waals surface area contributed by atoms with E-state index >= 15 is 0 Å². The lowest BCUT2D eigenvalue weighted by atomic mass is 10.1. The Kier molecular flexibility index (Phi) is 3.74. The highest BCUT2D eigenvalue weighted by atomic mass is 32.1. The Balaban J connectivity index is 1.77. The summed E-state index contributed by atoms with van der Waals surface area (Å²) in [5, 5.41) is 2.92. The van der Waals surface area contributed by atoms with Crippen LogP contribution in [0, 0.1) is 0 Å². The van der Waals surface area contributed by atoms with Gasteiger partial charge in [0.05, 0.1) is 4.88 Å². The summed E-state index contributed by atoms with van der Waals surface area (Å²) in [7, 11) is 0. The Morgan fingerprint density at radius 1 is 1.15 bits per heavy atom. The third kappa shape index (κ3) is 2.85. The molecule has 0 radical (unpaired) electrons. The normalized spacial score (nSPS) is 14.4. The molecule has 0 spiro atoms. The third-order valence-electron chi connectivity index (χ3n) is 3.61. The van der Waals surface area contributed by atoms with Crippen LogP contribution < -0.4 is 11.1 Å². The van der Waals surface area contributed by atoms with Crippen LogP contribution in [0.1, 0.15) is 39.4 Å². The van der Waals surface area contributed by atoms with E-state index in [1.54, 1.807) is 17.4 Å². The molecule has 104 valence electrons. The molecule has 0 saturated carbocycles. The molecule has 0 fully saturated rings. The highest BCUT2D eigenvalue weighted by Crippen LogP contribution is 2.29. The number of nitrogens with one attached hydrogen (secondary N) is 1. The van der Waals surface area contributed by atoms with Crippen LogP contribution in [0.25, 0.3) is 0 Å². The predicted molar refractivity (Wildman–Crippen MR) is 84.4 cm³/mol. The average molecular weight is 286 g/mol. The molecule has 0 atom stereocenters. The van der Waals surface area contributed by atoms with Gasteiger partial charge in [0.1, 0.15) is 0 Å². The lowest BCUT2D eigenvalue weighted by Crippen LogP contribution is -2.10. The maximum atomic E-state index is 12.3. The van der Waals surface area contributed by atoms with Crippen molar-refractivity contribution < 1.29 is 4.79 Å². The number of amides is 1. The monoisotopic (exact) mass is 286 g/mol. The SMILES string of the molecule is Nc1cccc(NC(=O)c2cc3c(s2)CCCCC3)c1. The van der Waals surface area contributed by atoms with Crippen LogP contribution in [-0.2, 0) is 12.8 Å². The first-order valence-electron chi connectivity index (χ1n) is 7.01. The second-order valence-electron chi connectivity index (χ2n) is 5.20. The van der Waals surface area contributed by atoms with Gasteiger partial charge < -0.3 is 11.1 Å². The number of hydrogen-bond donors (Lipinski definition) is 2. The van der Waals surface area contributed by atoms with E-state index in [9.17, 15) is 4.79 Å². The van der Waals surface area contributed by atoms with E-state index in [4.69, 9.17) is 5.73 Å². The molecular formula is C16H18N2OS. The van der Waals surface area contributed by atoms with Crippen LogP contribution in [-0.4, -0.2) is 5.91 Å². The minimum atomic E-state index is -0.0336. The number of hydrogen-bond acceptors (Lipinski definition) is 3. The van der Waals surface area contributed by atoms with E-state index in [-0.39, 0.29) is 5.91 Å². The lowest BCUT2D eigenvalue weighted by molar-refractivity contribution is 0.103. The van der Waals surface area contributed by atoms with Crippen molar-refractivity contribution in [1.82, 2.24) is 0 Å². The first kappa shape index (κ1) is 13.2. The van der Waals surface area contributed by atoms with Crippen molar-refractivity contribution in [2.24, 2.45) is 0 Å². The zero-order valence-electron chi connectivity index (χ0n) is 11.3. The molecule has 1 aromatic heterocycles. The minimum absolute atomic E-state index is 0.0336. The molecule has 1 aliphatic carbocycles. The molecule has 0 bridgehead atoms. The van der Waals surface area contributed by atoms with Crippen LogP contribution in [0.15, 0.2) is 30.3 Å². The molecule has 4 heteroatoms. The summed E-state index contributed by atoms with van der Waals surface area (Å²) in [5.41, 5.74) is 8.49. The number of thiophene rings is 1. The Morgan fingerprint density at radius 2 is 2.00 bits per heavy atom. The lowest BCUT2D eigenvalue weighted by Gasteiger charge is -2.04. The zero-order chi connectivity index (χ0) is 13.9. The van der Waals surface area contributed by atoms with Crippen LogP contribution in [0.3, 0.4) is 0 Å². The Morgan fingerprint density at radius 3 is 2.85 bits per heavy atom. The Labute approximate surface area is 122 Å². The fourth-order valence-corrected chi connectivity index (χ4v) is 3.74. The van der Waals surface area contributed by atoms with Crippen molar-refractivity contribution in [1.29, 1.82) is 0 Å². The van der Waals surface area contributed by atoms with E-state index in [1.807, 2.05) is 18.2 Å². The van der Waals surface area contributed by atoms with Crippen molar-refractivity contribution in [3.63, 3.8) is 0 Å². The number of nitrogen functional groups attached to an aromatic ring is 1. The highest BCUT2D eigenvalue weighted by Gasteiger charge is 2.16. The quantitative estimate of drug-likeness (QED) is 0.651. The smallest absolute Gasteiger partial charge is 0.265 e. The summed E-state index contributed by atoms with van der Waals surface area (Å²) in [6.07, 6.45) is 6.00. The number of rotatable bonds is 2. The highest BCUT2D eigenvalue weighted by molar-refractivity contribution is 7.14. The first-order valence-corrected chi connectivity index (χ1v) is 7.82. The molecule has 0 aliphatic heterocycles. The van der Waals surface area contributed by atoms with E-state index in [2.05, 4.69) is 11.4 Å². The summed E-state index contributed by atoms with van der Waals surface area (Å²) in [6, 6.07) is 9.34. The molecule has 20 heavy (non-hydrogen) atoms. The van der Waals surface area contributed by atoms with E-state index in [1.165, 1.54) is 29.7 Å². The third-order valence-corrected chi connectivity index (χ3v) is 4.85. The number of anilines is 2. The van der Waals surface area contributed by atoms with Crippen LogP contribution >= 0.6 is 11.3 Å². The molecule has 3 rings (SSSR count). The molecule has 0 saturated heterocycles. The van der Waals surface area contributed by atoms with Crippen molar-refractivity contribution in [3.05, 3.63) is 45.6 Å². The van der Waals surface area contributed by atoms with Gasteiger partial charge in [0.15, 0.2) is 0 Å². The van der Waals surface area contributed by atoms with Gasteiger partial charge in [-0.25, -0.2) is 0 Å². The molecule has 1 aromatic carbocycles. The van der Waals surface area contributed by atoms with Crippen molar-refractivity contribution in [2.75, 3.05) is 11.1 Å². The summed E-state index contributed by atoms with van der Waals surface area (Å²) < 4.78 is 0. The fourth-order valence-electron chi connectivity index (χ4n) is 2.59. The standard InChI is InChI=1S/C16H18N2OS/c17-12-6-4-7-13(10-12)18-16(19)15-9-11-5-2-1-3-8-14(11)20-15/h4,6-7,9-10H,1-3,5,8,17H2,(H,18,19). The average Bonchev–Trinajstić information content (AvgIpc) is 2.70. The maximum absolute atomic E-state index is 12.3. The number of nitrogens with two attached hydrogens (primary N) is 1. The van der Waals surface area contributed by atoms with Crippen molar-refractivity contribution in [3.8, 4) is 0 Å². The van der Waals surface area contributed by atoms with Gasteiger partial charge in [0.2, 0.25) is 0 Å². The predicted octanol–water partition coefficient (Wildman–Crippen LogP) is 3.85. The van der Waals surface area contributed by atoms with Crippen molar-refractivity contribution >= 4 is 28.6 Å². The van der Waals surface area contributed by atoms with Gasteiger partial charge in [0, 0.05) is 16.3 Å². The second kappa shape index (κ2) is 5.67. The molecule has 0 unspecified atom stereocenters. The number of benzene rings is 1. The van der Waals surface area contributed by atoms with E-state index < -0.39 is 0 Å². The largest absolute Gasteiger partial charge is 0.399 e. The number of aryl methyl sites for hydroxylation is 2. The van der Waals surface area contributed by atoms with E-state index in [0.717, 1.165) is 23.4 Å². The van der Waals surface area contributed by atoms with Gasteiger partial charge in [-0.2, -0.15) is 0 Å². The maximum Gasteiger partial charge on any atom is 0.265 e. The Bertz CT molecular complexity index is 610. The molecular weight excluding hydrogens is 268 g/mol. The van der Waals surface area contributed by atoms with Crippen LogP contribution in [0.4, 0.5) is 11.4 Å². The van der Waals surface area contributed by atoms with E-state index in [0.29, 0.717) is 5.69 Å². The fraction of sp³-hybridized carbons (Fsp3) is 0.312. The van der Waals surface area contributed by atoms with Gasteiger partial charge in [-0.1, -0.05) is 12.5 Å². The molecule has 3 N–H and O–H groups in total. The summed E-state index contributed by atoms with van der Waals surface area (Å²) in [4.78, 5) is 14.5. The van der Waals surface area contributed by atoms with Gasteiger partial charge in [-0.15, -0.1) is 11.3 Å². The molecule has 1 amide bonds. The number of fused-ring (bicyclic) bond motifs is 1.